The van der Waals surface area contributed by atoms with Crippen molar-refractivity contribution in [3.05, 3.63) is 51.4 Å². The lowest BCUT2D eigenvalue weighted by atomic mass is 10.0. The summed E-state index contributed by atoms with van der Waals surface area (Å²) in [4.78, 5) is 37.9. The number of esters is 2. The summed E-state index contributed by atoms with van der Waals surface area (Å²) in [5, 5.41) is 3.18. The zero-order valence-corrected chi connectivity index (χ0v) is 17.7. The number of rotatable bonds is 7. The quantitative estimate of drug-likeness (QED) is 0.681. The van der Waals surface area contributed by atoms with Crippen LogP contribution in [0.1, 0.15) is 69.8 Å². The maximum Gasteiger partial charge on any atom is 0.341 e. The Kier molecular flexibility index (Phi) is 6.69. The van der Waals surface area contributed by atoms with Crippen LogP contribution >= 0.6 is 11.3 Å². The normalized spacial score (nSPS) is 12.6. The highest BCUT2D eigenvalue weighted by atomic mass is 32.1. The Bertz CT molecular complexity index is 914. The van der Waals surface area contributed by atoms with E-state index in [4.69, 9.17) is 9.47 Å². The predicted octanol–water partition coefficient (Wildman–Crippen LogP) is 4.33. The first-order valence-electron chi connectivity index (χ1n) is 9.79. The van der Waals surface area contributed by atoms with Gasteiger partial charge in [-0.2, -0.15) is 0 Å². The average molecular weight is 416 g/mol. The van der Waals surface area contributed by atoms with Crippen LogP contribution in [-0.2, 0) is 27.1 Å². The highest BCUT2D eigenvalue weighted by Gasteiger charge is 2.28. The Balaban J connectivity index is 1.62. The van der Waals surface area contributed by atoms with Gasteiger partial charge >= 0.3 is 11.9 Å². The number of hydrogen-bond acceptors (Lipinski definition) is 6. The minimum absolute atomic E-state index is 0.268. The number of ether oxygens (including phenoxy) is 2. The third-order valence-corrected chi connectivity index (χ3v) is 6.01. The van der Waals surface area contributed by atoms with Crippen LogP contribution in [0.25, 0.3) is 0 Å². The Morgan fingerprint density at radius 1 is 1.07 bits per heavy atom. The molecule has 3 rings (SSSR count). The number of carbonyl (C=O) groups is 3. The number of nitrogens with one attached hydrogen (secondary N) is 1. The predicted molar refractivity (Wildman–Crippen MR) is 112 cm³/mol. The molecular formula is C22H25NO5S. The van der Waals surface area contributed by atoms with E-state index in [1.807, 2.05) is 12.1 Å². The third-order valence-electron chi connectivity index (χ3n) is 4.80. The van der Waals surface area contributed by atoms with Crippen LogP contribution in [0.15, 0.2) is 24.3 Å². The van der Waals surface area contributed by atoms with E-state index >= 15 is 0 Å². The van der Waals surface area contributed by atoms with Gasteiger partial charge in [0.25, 0.3) is 5.91 Å². The van der Waals surface area contributed by atoms with Gasteiger partial charge in [-0.25, -0.2) is 9.59 Å². The van der Waals surface area contributed by atoms with Crippen LogP contribution < -0.4 is 5.32 Å². The Morgan fingerprint density at radius 2 is 1.79 bits per heavy atom. The zero-order valence-electron chi connectivity index (χ0n) is 16.9. The fourth-order valence-corrected chi connectivity index (χ4v) is 4.59. The van der Waals surface area contributed by atoms with Gasteiger partial charge in [-0.05, 0) is 55.4 Å². The monoisotopic (exact) mass is 415 g/mol. The number of aryl methyl sites for hydroxylation is 1. The molecule has 2 aromatic rings. The van der Waals surface area contributed by atoms with Crippen molar-refractivity contribution >= 4 is 34.2 Å². The smallest absolute Gasteiger partial charge is 0.341 e. The highest BCUT2D eigenvalue weighted by Crippen LogP contribution is 2.39. The second-order valence-electron chi connectivity index (χ2n) is 7.18. The van der Waals surface area contributed by atoms with Gasteiger partial charge < -0.3 is 14.8 Å². The first-order valence-corrected chi connectivity index (χ1v) is 10.6. The molecule has 0 saturated heterocycles. The van der Waals surface area contributed by atoms with Crippen molar-refractivity contribution in [3.8, 4) is 0 Å². The lowest BCUT2D eigenvalue weighted by Crippen LogP contribution is -2.22. The summed E-state index contributed by atoms with van der Waals surface area (Å²) in [6.45, 7) is 5.74. The molecule has 1 aliphatic rings. The zero-order chi connectivity index (χ0) is 21.0. The molecule has 0 aliphatic heterocycles. The van der Waals surface area contributed by atoms with Gasteiger partial charge in [-0.3, -0.25) is 4.79 Å². The van der Waals surface area contributed by atoms with Crippen LogP contribution in [0.2, 0.25) is 0 Å². The second kappa shape index (κ2) is 9.22. The van der Waals surface area contributed by atoms with Crippen molar-refractivity contribution in [1.29, 1.82) is 0 Å². The largest absolute Gasteiger partial charge is 0.462 e. The summed E-state index contributed by atoms with van der Waals surface area (Å²) >= 11 is 1.39. The van der Waals surface area contributed by atoms with E-state index in [-0.39, 0.29) is 6.61 Å². The molecular weight excluding hydrogens is 390 g/mol. The maximum atomic E-state index is 12.3. The summed E-state index contributed by atoms with van der Waals surface area (Å²) in [7, 11) is 0. The Hall–Kier alpha value is -2.67. The van der Waals surface area contributed by atoms with Gasteiger partial charge in [0, 0.05) is 4.88 Å². The molecule has 29 heavy (non-hydrogen) atoms. The molecule has 0 radical (unpaired) electrons. The van der Waals surface area contributed by atoms with Crippen LogP contribution in [0.3, 0.4) is 0 Å². The second-order valence-corrected chi connectivity index (χ2v) is 8.29. The van der Waals surface area contributed by atoms with Gasteiger partial charge in [-0.1, -0.05) is 26.0 Å². The minimum Gasteiger partial charge on any atom is -0.462 e. The number of fused-ring (bicyclic) bond motifs is 1. The SMILES string of the molecule is CCOC(=O)c1c(NC(=O)COC(=O)c2ccc(C(C)C)cc2)sc2c1CCC2. The van der Waals surface area contributed by atoms with Crippen molar-refractivity contribution in [3.63, 3.8) is 0 Å². The van der Waals surface area contributed by atoms with Crippen LogP contribution in [-0.4, -0.2) is 31.1 Å². The minimum atomic E-state index is -0.560. The van der Waals surface area contributed by atoms with E-state index in [1.54, 1.807) is 19.1 Å². The average Bonchev–Trinajstić information content (AvgIpc) is 3.27. The molecule has 0 saturated carbocycles. The Morgan fingerprint density at radius 3 is 2.45 bits per heavy atom. The molecule has 0 bridgehead atoms. The number of anilines is 1. The van der Waals surface area contributed by atoms with Gasteiger partial charge in [0.1, 0.15) is 5.00 Å². The van der Waals surface area contributed by atoms with Gasteiger partial charge in [-0.15, -0.1) is 11.3 Å². The number of carbonyl (C=O) groups excluding carboxylic acids is 3. The van der Waals surface area contributed by atoms with E-state index < -0.39 is 24.5 Å². The van der Waals surface area contributed by atoms with Gasteiger partial charge in [0.2, 0.25) is 0 Å². The van der Waals surface area contributed by atoms with Crippen molar-refractivity contribution in [2.24, 2.45) is 0 Å². The van der Waals surface area contributed by atoms with Crippen LogP contribution in [0.4, 0.5) is 5.00 Å². The standard InChI is InChI=1S/C22H25NO5S/c1-4-27-22(26)19-16-6-5-7-17(16)29-20(19)23-18(24)12-28-21(25)15-10-8-14(9-11-15)13(2)3/h8-11,13H,4-7,12H2,1-3H3,(H,23,24). The number of benzene rings is 1. The molecule has 1 heterocycles. The fourth-order valence-electron chi connectivity index (χ4n) is 3.29. The lowest BCUT2D eigenvalue weighted by molar-refractivity contribution is -0.119. The van der Waals surface area contributed by atoms with Crippen molar-refractivity contribution < 1.29 is 23.9 Å². The first kappa shape index (κ1) is 21.0. The number of thiophene rings is 1. The lowest BCUT2D eigenvalue weighted by Gasteiger charge is -2.09. The first-order chi connectivity index (χ1) is 13.9. The summed E-state index contributed by atoms with van der Waals surface area (Å²) in [5.74, 6) is -1.10. The molecule has 1 amide bonds. The molecule has 0 fully saturated rings. The summed E-state index contributed by atoms with van der Waals surface area (Å²) in [6.07, 6.45) is 2.69. The third kappa shape index (κ3) is 4.85. The van der Waals surface area contributed by atoms with E-state index in [9.17, 15) is 14.4 Å². The number of hydrogen-bond donors (Lipinski definition) is 1. The summed E-state index contributed by atoms with van der Waals surface area (Å²) in [5.41, 5.74) is 2.92. The van der Waals surface area contributed by atoms with E-state index in [0.29, 0.717) is 22.0 Å². The maximum absolute atomic E-state index is 12.3. The molecule has 1 N–H and O–H groups in total. The van der Waals surface area contributed by atoms with Gasteiger partial charge in [0.05, 0.1) is 17.7 Å². The topological polar surface area (TPSA) is 81.7 Å². The molecule has 7 heteroatoms. The number of amides is 1. The van der Waals surface area contributed by atoms with E-state index in [0.717, 1.165) is 35.3 Å². The molecule has 0 spiro atoms. The van der Waals surface area contributed by atoms with Crippen molar-refractivity contribution in [1.82, 2.24) is 0 Å². The Labute approximate surface area is 174 Å². The molecule has 1 aromatic heterocycles. The molecule has 1 aliphatic carbocycles. The summed E-state index contributed by atoms with van der Waals surface area (Å²) in [6, 6.07) is 7.14. The van der Waals surface area contributed by atoms with Crippen LogP contribution in [0, 0.1) is 0 Å². The molecule has 1 aromatic carbocycles. The molecule has 6 nitrogen and oxygen atoms in total. The fraction of sp³-hybridized carbons (Fsp3) is 0.409. The van der Waals surface area contributed by atoms with Crippen molar-refractivity contribution in [2.45, 2.75) is 46.0 Å². The summed E-state index contributed by atoms with van der Waals surface area (Å²) < 4.78 is 10.3. The molecule has 154 valence electrons. The molecule has 0 atom stereocenters. The highest BCUT2D eigenvalue weighted by molar-refractivity contribution is 7.17. The van der Waals surface area contributed by atoms with E-state index in [2.05, 4.69) is 19.2 Å². The van der Waals surface area contributed by atoms with Crippen molar-refractivity contribution in [2.75, 3.05) is 18.5 Å². The van der Waals surface area contributed by atoms with E-state index in [1.165, 1.54) is 11.3 Å². The van der Waals surface area contributed by atoms with Crippen LogP contribution in [0.5, 0.6) is 0 Å². The van der Waals surface area contributed by atoms with Gasteiger partial charge in [0.15, 0.2) is 6.61 Å². The molecule has 0 unspecified atom stereocenters.